The summed E-state index contributed by atoms with van der Waals surface area (Å²) in [7, 11) is 0. The molecule has 0 heterocycles. The first-order valence-electron chi connectivity index (χ1n) is 8.59. The predicted octanol–water partition coefficient (Wildman–Crippen LogP) is 3.69. The summed E-state index contributed by atoms with van der Waals surface area (Å²) in [5.74, 6) is -0.570. The van der Waals surface area contributed by atoms with Crippen LogP contribution in [0, 0.1) is 73.8 Å². The fraction of sp³-hybridized carbons (Fsp3) is 0.0909. The topological polar surface area (TPSA) is 86.5 Å². The number of ketones is 1. The molecule has 0 unspecified atom stereocenters. The minimum atomic E-state index is -0.725. The van der Waals surface area contributed by atoms with Crippen molar-refractivity contribution in [3.8, 4) is 0 Å². The molecule has 2 fully saturated rings. The van der Waals surface area contributed by atoms with Crippen molar-refractivity contribution in [3.05, 3.63) is 115 Å². The van der Waals surface area contributed by atoms with E-state index in [0.717, 1.165) is 0 Å². The van der Waals surface area contributed by atoms with Crippen molar-refractivity contribution in [2.75, 3.05) is 6.61 Å². The number of nitro benzene ring substituents is 1. The van der Waals surface area contributed by atoms with Gasteiger partial charge in [0.15, 0.2) is 5.78 Å². The molecule has 0 amide bonds. The van der Waals surface area contributed by atoms with Crippen LogP contribution < -0.4 is 0 Å². The van der Waals surface area contributed by atoms with Crippen molar-refractivity contribution in [2.45, 2.75) is 6.92 Å². The third-order valence-electron chi connectivity index (χ3n) is 3.64. The van der Waals surface area contributed by atoms with Gasteiger partial charge in [0.1, 0.15) is 5.57 Å². The van der Waals surface area contributed by atoms with Crippen molar-refractivity contribution >= 4 is 17.4 Å². The van der Waals surface area contributed by atoms with Crippen LogP contribution in [0.2, 0.25) is 0 Å². The van der Waals surface area contributed by atoms with E-state index in [1.165, 1.54) is 30.3 Å². The maximum atomic E-state index is 12.5. The van der Waals surface area contributed by atoms with E-state index in [0.29, 0.717) is 5.92 Å². The van der Waals surface area contributed by atoms with Crippen LogP contribution in [0.25, 0.3) is 0 Å². The molecule has 0 bridgehead atoms. The van der Waals surface area contributed by atoms with Crippen LogP contribution in [-0.4, -0.2) is 23.3 Å². The molecular weight excluding hydrogens is 414 g/mol. The fourth-order valence-corrected chi connectivity index (χ4v) is 2.29. The van der Waals surface area contributed by atoms with Crippen LogP contribution in [-0.2, 0) is 26.6 Å². The average molecular weight is 433 g/mol. The SMILES string of the molecule is CCOC(=O)/C(=C/[C]1[CH][CH][CH][CH]1)C(=O)c1ccc([N+](=O)[O-])cc1.[CH]1[CH][CH][CH][CH]1.[Fe+2]. The zero-order valence-electron chi connectivity index (χ0n) is 15.6. The van der Waals surface area contributed by atoms with Crippen molar-refractivity contribution < 1.29 is 36.3 Å². The fourth-order valence-electron chi connectivity index (χ4n) is 2.29. The summed E-state index contributed by atoms with van der Waals surface area (Å²) in [5, 5.41) is 10.7. The number of rotatable bonds is 6. The minimum absolute atomic E-state index is 0. The Labute approximate surface area is 182 Å². The molecule has 148 valence electrons. The number of allylic oxidation sites excluding steroid dienone is 1. The number of Topliss-reactive ketones (excluding diaryl/α,β-unsaturated/α-hetero) is 1. The molecule has 2 aliphatic rings. The van der Waals surface area contributed by atoms with E-state index in [9.17, 15) is 19.7 Å². The van der Waals surface area contributed by atoms with Crippen LogP contribution in [0.4, 0.5) is 5.69 Å². The molecular formula is C22H19FeNO5+2. The van der Waals surface area contributed by atoms with E-state index in [1.807, 2.05) is 32.1 Å². The molecule has 1 aromatic rings. The average Bonchev–Trinajstić information content (AvgIpc) is 3.42. The van der Waals surface area contributed by atoms with Gasteiger partial charge in [0.25, 0.3) is 5.69 Å². The second-order valence-electron chi connectivity index (χ2n) is 5.59. The summed E-state index contributed by atoms with van der Waals surface area (Å²) >= 11 is 0. The number of nitro groups is 1. The number of hydrogen-bond donors (Lipinski definition) is 0. The van der Waals surface area contributed by atoms with Crippen molar-refractivity contribution in [1.82, 2.24) is 0 Å². The Balaban J connectivity index is 0.000000610. The molecule has 6 nitrogen and oxygen atoms in total. The number of carbonyl (C=O) groups excluding carboxylic acids is 2. The smallest absolute Gasteiger partial charge is 0.462 e. The summed E-state index contributed by atoms with van der Waals surface area (Å²) < 4.78 is 4.92. The Morgan fingerprint density at radius 3 is 1.93 bits per heavy atom. The standard InChI is InChI=1S/C17H14NO5.C5H5.Fe/c1-2-23-17(20)15(11-12-5-3-4-6-12)16(19)13-7-9-14(10-8-13)18(21)22;1-2-4-5-3-1;/h3-11H,2H2,1H3;1-5H;/q;;+2/b15-11+;;. The van der Waals surface area contributed by atoms with Crippen LogP contribution >= 0.6 is 0 Å². The Kier molecular flexibility index (Phi) is 11.5. The van der Waals surface area contributed by atoms with E-state index in [4.69, 9.17) is 4.74 Å². The van der Waals surface area contributed by atoms with Crippen LogP contribution in [0.5, 0.6) is 0 Å². The van der Waals surface area contributed by atoms with Gasteiger partial charge < -0.3 is 4.74 Å². The molecule has 1 aromatic carbocycles. The molecule has 0 N–H and O–H groups in total. The molecule has 7 heteroatoms. The van der Waals surface area contributed by atoms with Gasteiger partial charge in [-0.05, 0) is 76.8 Å². The third-order valence-corrected chi connectivity index (χ3v) is 3.64. The second-order valence-corrected chi connectivity index (χ2v) is 5.59. The maximum Gasteiger partial charge on any atom is 2.00 e. The molecule has 0 atom stereocenters. The minimum Gasteiger partial charge on any atom is -0.462 e. The number of esters is 1. The van der Waals surface area contributed by atoms with Crippen molar-refractivity contribution in [1.29, 1.82) is 0 Å². The number of nitrogens with zero attached hydrogens (tertiary/aromatic N) is 1. The molecule has 3 rings (SSSR count). The Bertz CT molecular complexity index is 697. The van der Waals surface area contributed by atoms with Gasteiger partial charge in [-0.1, -0.05) is 6.08 Å². The van der Waals surface area contributed by atoms with Gasteiger partial charge in [-0.15, -0.1) is 0 Å². The van der Waals surface area contributed by atoms with E-state index in [-0.39, 0.29) is 40.5 Å². The molecule has 2 aliphatic carbocycles. The quantitative estimate of drug-likeness (QED) is 0.0999. The number of ether oxygens (including phenoxy) is 1. The molecule has 29 heavy (non-hydrogen) atoms. The predicted molar refractivity (Wildman–Crippen MR) is 104 cm³/mol. The number of carbonyl (C=O) groups is 2. The van der Waals surface area contributed by atoms with Gasteiger partial charge in [-0.25, -0.2) is 4.79 Å². The van der Waals surface area contributed by atoms with Gasteiger partial charge in [0.05, 0.1) is 11.5 Å². The van der Waals surface area contributed by atoms with E-state index in [1.54, 1.807) is 32.6 Å². The largest absolute Gasteiger partial charge is 2.00 e. The molecule has 2 saturated carbocycles. The normalized spacial score (nSPS) is 16.4. The molecule has 0 aliphatic heterocycles. The third kappa shape index (κ3) is 8.11. The zero-order chi connectivity index (χ0) is 20.4. The number of non-ortho nitro benzene ring substituents is 1. The van der Waals surface area contributed by atoms with Crippen molar-refractivity contribution in [3.63, 3.8) is 0 Å². The van der Waals surface area contributed by atoms with Gasteiger partial charge in [0, 0.05) is 23.6 Å². The van der Waals surface area contributed by atoms with Gasteiger partial charge >= 0.3 is 23.0 Å². The maximum absolute atomic E-state index is 12.5. The molecule has 0 saturated heterocycles. The van der Waals surface area contributed by atoms with Crippen molar-refractivity contribution in [2.24, 2.45) is 0 Å². The first-order chi connectivity index (χ1) is 13.5. The first kappa shape index (κ1) is 25.1. The monoisotopic (exact) mass is 433 g/mol. The van der Waals surface area contributed by atoms with Crippen LogP contribution in [0.3, 0.4) is 0 Å². The summed E-state index contributed by atoms with van der Waals surface area (Å²) in [6, 6.07) is 5.08. The zero-order valence-corrected chi connectivity index (χ0v) is 16.7. The van der Waals surface area contributed by atoms with Gasteiger partial charge in [0.2, 0.25) is 0 Å². The molecule has 10 radical (unpaired) electrons. The van der Waals surface area contributed by atoms with Gasteiger partial charge in [-0.3, -0.25) is 14.9 Å². The molecule has 0 spiro atoms. The second kappa shape index (κ2) is 13.3. The summed E-state index contributed by atoms with van der Waals surface area (Å²) in [5.41, 5.74) is -0.0624. The Morgan fingerprint density at radius 1 is 0.966 bits per heavy atom. The van der Waals surface area contributed by atoms with Crippen LogP contribution in [0.15, 0.2) is 35.9 Å². The number of hydrogen-bond acceptors (Lipinski definition) is 5. The van der Waals surface area contributed by atoms with Gasteiger partial charge in [-0.2, -0.15) is 0 Å². The summed E-state index contributed by atoms with van der Waals surface area (Å²) in [6.07, 6.45) is 18.5. The van der Waals surface area contributed by atoms with E-state index < -0.39 is 16.7 Å². The number of benzene rings is 1. The van der Waals surface area contributed by atoms with E-state index in [2.05, 4.69) is 0 Å². The summed E-state index contributed by atoms with van der Waals surface area (Å²) in [4.78, 5) is 34.7. The Morgan fingerprint density at radius 2 is 1.48 bits per heavy atom. The van der Waals surface area contributed by atoms with Crippen LogP contribution in [0.1, 0.15) is 17.3 Å². The summed E-state index contributed by atoms with van der Waals surface area (Å²) in [6.45, 7) is 1.79. The molecule has 0 aromatic heterocycles. The first-order valence-corrected chi connectivity index (χ1v) is 8.59. The Hall–Kier alpha value is -1.98. The van der Waals surface area contributed by atoms with E-state index >= 15 is 0 Å².